The summed E-state index contributed by atoms with van der Waals surface area (Å²) in [5, 5.41) is 10.4. The fraction of sp³-hybridized carbons (Fsp3) is 0.353. The van der Waals surface area contributed by atoms with E-state index in [-0.39, 0.29) is 0 Å². The molecule has 3 heteroatoms. The number of anilines is 1. The molecule has 1 aliphatic rings. The van der Waals surface area contributed by atoms with Crippen LogP contribution in [0.5, 0.6) is 0 Å². The second kappa shape index (κ2) is 5.63. The molecule has 0 unspecified atom stereocenters. The van der Waals surface area contributed by atoms with Gasteiger partial charge in [0.25, 0.3) is 0 Å². The second-order valence-electron chi connectivity index (χ2n) is 5.42. The van der Waals surface area contributed by atoms with Crippen LogP contribution in [0.4, 0.5) is 5.82 Å². The van der Waals surface area contributed by atoms with Crippen molar-refractivity contribution in [3.8, 4) is 0 Å². The number of aliphatic hydroxyl groups excluding tert-OH is 1. The summed E-state index contributed by atoms with van der Waals surface area (Å²) in [5.41, 5.74) is 2.90. The summed E-state index contributed by atoms with van der Waals surface area (Å²) >= 11 is 0. The molecule has 3 nitrogen and oxygen atoms in total. The highest BCUT2D eigenvalue weighted by Gasteiger charge is 2.17. The number of aryl methyl sites for hydroxylation is 1. The average Bonchev–Trinajstić information content (AvgIpc) is 3.01. The number of rotatable bonds is 3. The molecule has 1 aromatic heterocycles. The summed E-state index contributed by atoms with van der Waals surface area (Å²) in [5.74, 6) is 1.06. The maximum absolute atomic E-state index is 10.4. The van der Waals surface area contributed by atoms with Crippen molar-refractivity contribution in [2.24, 2.45) is 0 Å². The van der Waals surface area contributed by atoms with Gasteiger partial charge in [-0.2, -0.15) is 0 Å². The predicted octanol–water partition coefficient (Wildman–Crippen LogP) is 3.07. The minimum atomic E-state index is -0.602. The molecule has 0 amide bonds. The SMILES string of the molecule is Cc1cc([C@H](O)c2ccccc2)cnc1N1CCCC1. The lowest BCUT2D eigenvalue weighted by Gasteiger charge is -2.20. The highest BCUT2D eigenvalue weighted by atomic mass is 16.3. The molecule has 0 aliphatic carbocycles. The average molecular weight is 268 g/mol. The molecule has 1 aromatic carbocycles. The fourth-order valence-electron chi connectivity index (χ4n) is 2.83. The fourth-order valence-corrected chi connectivity index (χ4v) is 2.83. The van der Waals surface area contributed by atoms with E-state index in [0.717, 1.165) is 35.6 Å². The Balaban J connectivity index is 1.86. The first kappa shape index (κ1) is 13.1. The molecule has 1 aliphatic heterocycles. The number of nitrogens with zero attached hydrogens (tertiary/aromatic N) is 2. The first-order valence-electron chi connectivity index (χ1n) is 7.20. The van der Waals surface area contributed by atoms with Crippen LogP contribution in [0, 0.1) is 6.92 Å². The lowest BCUT2D eigenvalue weighted by Crippen LogP contribution is -2.20. The minimum Gasteiger partial charge on any atom is -0.384 e. The van der Waals surface area contributed by atoms with E-state index >= 15 is 0 Å². The van der Waals surface area contributed by atoms with Gasteiger partial charge in [0.1, 0.15) is 11.9 Å². The van der Waals surface area contributed by atoms with Gasteiger partial charge in [-0.3, -0.25) is 0 Å². The molecule has 1 saturated heterocycles. The molecule has 3 rings (SSSR count). The number of aromatic nitrogens is 1. The summed E-state index contributed by atoms with van der Waals surface area (Å²) in [6.07, 6.45) is 3.69. The molecule has 104 valence electrons. The topological polar surface area (TPSA) is 36.4 Å². The maximum Gasteiger partial charge on any atom is 0.131 e. The Kier molecular flexibility index (Phi) is 3.70. The van der Waals surface area contributed by atoms with Crippen molar-refractivity contribution < 1.29 is 5.11 Å². The van der Waals surface area contributed by atoms with Gasteiger partial charge in [0.2, 0.25) is 0 Å². The summed E-state index contributed by atoms with van der Waals surface area (Å²) < 4.78 is 0. The molecule has 1 fully saturated rings. The van der Waals surface area contributed by atoms with Gasteiger partial charge in [-0.15, -0.1) is 0 Å². The number of pyridine rings is 1. The van der Waals surface area contributed by atoms with Crippen molar-refractivity contribution in [1.82, 2.24) is 4.98 Å². The standard InChI is InChI=1S/C17H20N2O/c1-13-11-15(16(20)14-7-3-2-4-8-14)12-18-17(13)19-9-5-6-10-19/h2-4,7-8,11-12,16,20H,5-6,9-10H2,1H3/t16-/m1/s1. The van der Waals surface area contributed by atoms with E-state index in [1.807, 2.05) is 30.3 Å². The van der Waals surface area contributed by atoms with Crippen LogP contribution in [0.2, 0.25) is 0 Å². The van der Waals surface area contributed by atoms with E-state index in [0.29, 0.717) is 0 Å². The van der Waals surface area contributed by atoms with Gasteiger partial charge in [0, 0.05) is 24.8 Å². The third-order valence-corrected chi connectivity index (χ3v) is 3.91. The molecule has 0 bridgehead atoms. The van der Waals surface area contributed by atoms with Crippen LogP contribution >= 0.6 is 0 Å². The molecule has 2 aromatic rings. The summed E-state index contributed by atoms with van der Waals surface area (Å²) in [7, 11) is 0. The minimum absolute atomic E-state index is 0.602. The van der Waals surface area contributed by atoms with Gasteiger partial charge in [-0.1, -0.05) is 30.3 Å². The van der Waals surface area contributed by atoms with Crippen LogP contribution in [0.3, 0.4) is 0 Å². The number of aliphatic hydroxyl groups is 1. The summed E-state index contributed by atoms with van der Waals surface area (Å²) in [6, 6.07) is 11.8. The van der Waals surface area contributed by atoms with Crippen LogP contribution < -0.4 is 4.90 Å². The van der Waals surface area contributed by atoms with Crippen molar-refractivity contribution in [3.05, 3.63) is 59.3 Å². The third-order valence-electron chi connectivity index (χ3n) is 3.91. The predicted molar refractivity (Wildman–Crippen MR) is 80.9 cm³/mol. The van der Waals surface area contributed by atoms with E-state index in [4.69, 9.17) is 0 Å². The Labute approximate surface area is 119 Å². The quantitative estimate of drug-likeness (QED) is 0.929. The lowest BCUT2D eigenvalue weighted by atomic mass is 10.0. The van der Waals surface area contributed by atoms with E-state index in [2.05, 4.69) is 22.9 Å². The Morgan fingerprint density at radius 3 is 2.45 bits per heavy atom. The van der Waals surface area contributed by atoms with Gasteiger partial charge in [0.15, 0.2) is 0 Å². The largest absolute Gasteiger partial charge is 0.384 e. The molecular weight excluding hydrogens is 248 g/mol. The molecule has 1 N–H and O–H groups in total. The highest BCUT2D eigenvalue weighted by molar-refractivity contribution is 5.49. The second-order valence-corrected chi connectivity index (χ2v) is 5.42. The summed E-state index contributed by atoms with van der Waals surface area (Å²) in [4.78, 5) is 6.90. The van der Waals surface area contributed by atoms with Crippen molar-refractivity contribution in [1.29, 1.82) is 0 Å². The van der Waals surface area contributed by atoms with E-state index in [1.165, 1.54) is 12.8 Å². The molecular formula is C17H20N2O. The monoisotopic (exact) mass is 268 g/mol. The van der Waals surface area contributed by atoms with Crippen LogP contribution in [-0.2, 0) is 0 Å². The number of hydrogen-bond donors (Lipinski definition) is 1. The first-order valence-corrected chi connectivity index (χ1v) is 7.20. The van der Waals surface area contributed by atoms with Gasteiger partial charge in [0.05, 0.1) is 0 Å². The van der Waals surface area contributed by atoms with Gasteiger partial charge < -0.3 is 10.0 Å². The van der Waals surface area contributed by atoms with Crippen molar-refractivity contribution >= 4 is 5.82 Å². The van der Waals surface area contributed by atoms with Gasteiger partial charge >= 0.3 is 0 Å². The zero-order chi connectivity index (χ0) is 13.9. The number of benzene rings is 1. The first-order chi connectivity index (χ1) is 9.75. The lowest BCUT2D eigenvalue weighted by molar-refractivity contribution is 0.220. The smallest absolute Gasteiger partial charge is 0.131 e. The zero-order valence-corrected chi connectivity index (χ0v) is 11.8. The third kappa shape index (κ3) is 2.54. The molecule has 0 saturated carbocycles. The zero-order valence-electron chi connectivity index (χ0n) is 11.8. The highest BCUT2D eigenvalue weighted by Crippen LogP contribution is 2.27. The normalized spacial score (nSPS) is 16.4. The molecule has 0 radical (unpaired) electrons. The van der Waals surface area contributed by atoms with Crippen molar-refractivity contribution in [2.75, 3.05) is 18.0 Å². The molecule has 1 atom stereocenters. The van der Waals surface area contributed by atoms with Crippen LogP contribution in [0.15, 0.2) is 42.6 Å². The molecule has 20 heavy (non-hydrogen) atoms. The van der Waals surface area contributed by atoms with Crippen LogP contribution in [0.25, 0.3) is 0 Å². The Morgan fingerprint density at radius 2 is 1.80 bits per heavy atom. The van der Waals surface area contributed by atoms with Crippen LogP contribution in [0.1, 0.15) is 35.6 Å². The van der Waals surface area contributed by atoms with Gasteiger partial charge in [-0.05, 0) is 37.0 Å². The molecule has 2 heterocycles. The Bertz CT molecular complexity index is 577. The summed E-state index contributed by atoms with van der Waals surface area (Å²) in [6.45, 7) is 4.25. The van der Waals surface area contributed by atoms with Crippen LogP contribution in [-0.4, -0.2) is 23.2 Å². The van der Waals surface area contributed by atoms with E-state index < -0.39 is 6.10 Å². The molecule has 0 spiro atoms. The van der Waals surface area contributed by atoms with Crippen molar-refractivity contribution in [3.63, 3.8) is 0 Å². The Hall–Kier alpha value is -1.87. The van der Waals surface area contributed by atoms with E-state index in [9.17, 15) is 5.11 Å². The van der Waals surface area contributed by atoms with Crippen molar-refractivity contribution in [2.45, 2.75) is 25.9 Å². The van der Waals surface area contributed by atoms with E-state index in [1.54, 1.807) is 6.20 Å². The Morgan fingerprint density at radius 1 is 1.10 bits per heavy atom. The van der Waals surface area contributed by atoms with Gasteiger partial charge in [-0.25, -0.2) is 4.98 Å². The maximum atomic E-state index is 10.4. The number of hydrogen-bond acceptors (Lipinski definition) is 3.